The maximum absolute atomic E-state index is 10.5. The zero-order valence-corrected chi connectivity index (χ0v) is 16.5. The van der Waals surface area contributed by atoms with Crippen LogP contribution in [0.15, 0.2) is 0 Å². The van der Waals surface area contributed by atoms with E-state index in [0.717, 1.165) is 0 Å². The zero-order valence-electron chi connectivity index (χ0n) is 8.81. The van der Waals surface area contributed by atoms with Crippen LogP contribution in [0.5, 0.6) is 0 Å². The number of nitrogens with one attached hydrogen (secondary N) is 1. The quantitative estimate of drug-likeness (QED) is 0.403. The first kappa shape index (κ1) is 26.1. The monoisotopic (exact) mass is 279 g/mol. The number of carboxylic acids is 1. The van der Waals surface area contributed by atoms with E-state index in [2.05, 4.69) is 11.8 Å². The molecule has 0 radical (unpaired) electrons. The van der Waals surface area contributed by atoms with Crippen LogP contribution < -0.4 is 109 Å². The molecule has 0 bridgehead atoms. The first-order chi connectivity index (χ1) is 5.31. The molecule has 6 nitrogen and oxygen atoms in total. The molecule has 0 heterocycles. The Kier molecular flexibility index (Phi) is 22.6. The van der Waals surface area contributed by atoms with Crippen LogP contribution in [0.3, 0.4) is 0 Å². The SMILES string of the molecule is O=C([O-])CNC(=O)CP([O-])([O-])=S.[Na+].[Na+].[Na+]. The second-order valence-corrected chi connectivity index (χ2v) is 5.12. The van der Waals surface area contributed by atoms with Crippen molar-refractivity contribution in [2.24, 2.45) is 0 Å². The number of amides is 1. The molecule has 0 aliphatic rings. The summed E-state index contributed by atoms with van der Waals surface area (Å²) in [6.07, 6.45) is -0.865. The standard InChI is InChI=1S/C4H8NO5PS.3Na/c6-3(2-11(9,10)12)5-1-4(7)8;;;/h1-2H2,(H,5,6)(H,7,8)(H2,9,10,12);;;/q;3*+1/p-3. The average Bonchev–Trinajstić information content (AvgIpc) is 1.79. The van der Waals surface area contributed by atoms with Crippen molar-refractivity contribution in [2.45, 2.75) is 0 Å². The van der Waals surface area contributed by atoms with Crippen molar-refractivity contribution in [1.29, 1.82) is 0 Å². The second-order valence-electron chi connectivity index (χ2n) is 1.92. The largest absolute Gasteiger partial charge is 1.00 e. The summed E-state index contributed by atoms with van der Waals surface area (Å²) < 4.78 is 0. The van der Waals surface area contributed by atoms with Crippen molar-refractivity contribution in [1.82, 2.24) is 5.32 Å². The van der Waals surface area contributed by atoms with Crippen LogP contribution in [-0.4, -0.2) is 24.6 Å². The number of rotatable bonds is 4. The van der Waals surface area contributed by atoms with Gasteiger partial charge in [-0.05, 0) is 0 Å². The van der Waals surface area contributed by atoms with Gasteiger partial charge in [-0.25, -0.2) is 6.49 Å². The fourth-order valence-corrected chi connectivity index (χ4v) is 1.22. The zero-order chi connectivity index (χ0) is 9.78. The maximum Gasteiger partial charge on any atom is 1.00 e. The van der Waals surface area contributed by atoms with Crippen LogP contribution in [0, 0.1) is 0 Å². The van der Waals surface area contributed by atoms with Crippen molar-refractivity contribution < 1.29 is 113 Å². The molecule has 0 aromatic rings. The minimum Gasteiger partial charge on any atom is -0.832 e. The Balaban J connectivity index is -0.000000202. The number of carbonyl (C=O) groups is 2. The molecule has 1 N–H and O–H groups in total. The van der Waals surface area contributed by atoms with E-state index in [9.17, 15) is 24.5 Å². The van der Waals surface area contributed by atoms with Gasteiger partial charge in [0.05, 0.1) is 12.5 Å². The van der Waals surface area contributed by atoms with Crippen LogP contribution in [0.4, 0.5) is 0 Å². The first-order valence-electron chi connectivity index (χ1n) is 2.79. The van der Waals surface area contributed by atoms with Crippen molar-refractivity contribution in [3.8, 4) is 0 Å². The van der Waals surface area contributed by atoms with Gasteiger partial charge in [0.15, 0.2) is 0 Å². The summed E-state index contributed by atoms with van der Waals surface area (Å²) in [4.78, 5) is 40.9. The van der Waals surface area contributed by atoms with E-state index in [4.69, 9.17) is 0 Å². The van der Waals surface area contributed by atoms with Gasteiger partial charge in [-0.1, -0.05) is 0 Å². The van der Waals surface area contributed by atoms with E-state index < -0.39 is 31.1 Å². The van der Waals surface area contributed by atoms with E-state index in [0.29, 0.717) is 0 Å². The first-order valence-corrected chi connectivity index (χ1v) is 5.61. The molecule has 0 unspecified atom stereocenters. The van der Waals surface area contributed by atoms with Gasteiger partial charge < -0.3 is 25.0 Å². The van der Waals surface area contributed by atoms with E-state index in [1.807, 2.05) is 0 Å². The summed E-state index contributed by atoms with van der Waals surface area (Å²) in [5, 5.41) is 11.6. The second kappa shape index (κ2) is 13.0. The van der Waals surface area contributed by atoms with Gasteiger partial charge >= 0.3 is 88.7 Å². The third-order valence-electron chi connectivity index (χ3n) is 0.767. The van der Waals surface area contributed by atoms with E-state index >= 15 is 0 Å². The van der Waals surface area contributed by atoms with Gasteiger partial charge in [0.1, 0.15) is 0 Å². The van der Waals surface area contributed by atoms with Crippen LogP contribution in [0.2, 0.25) is 0 Å². The Hall–Kier alpha value is 2.51. The number of carbonyl (C=O) groups excluding carboxylic acids is 2. The van der Waals surface area contributed by atoms with Crippen LogP contribution in [-0.2, 0) is 21.4 Å². The molecular formula is C4H5NNa3O5PS. The molecule has 70 valence electrons. The number of aliphatic carboxylic acids is 1. The molecule has 0 aromatic heterocycles. The maximum atomic E-state index is 10.5. The molecule has 0 atom stereocenters. The Morgan fingerprint density at radius 1 is 1.20 bits per heavy atom. The van der Waals surface area contributed by atoms with Crippen LogP contribution in [0.25, 0.3) is 0 Å². The number of hydrogen-bond donors (Lipinski definition) is 1. The number of hydrogen-bond acceptors (Lipinski definition) is 6. The van der Waals surface area contributed by atoms with E-state index in [-0.39, 0.29) is 88.7 Å². The Labute approximate surface area is 159 Å². The summed E-state index contributed by atoms with van der Waals surface area (Å²) in [6, 6.07) is 0. The van der Waals surface area contributed by atoms with Gasteiger partial charge in [0, 0.05) is 6.16 Å². The molecule has 0 spiro atoms. The molecule has 15 heavy (non-hydrogen) atoms. The Morgan fingerprint density at radius 3 is 1.87 bits per heavy atom. The molecule has 1 amide bonds. The van der Waals surface area contributed by atoms with Gasteiger partial charge in [0.25, 0.3) is 0 Å². The van der Waals surface area contributed by atoms with Gasteiger partial charge in [0.2, 0.25) is 5.91 Å². The van der Waals surface area contributed by atoms with Crippen molar-refractivity contribution in [2.75, 3.05) is 12.7 Å². The van der Waals surface area contributed by atoms with Gasteiger partial charge in [-0.15, -0.1) is 11.8 Å². The van der Waals surface area contributed by atoms with Gasteiger partial charge in [-0.3, -0.25) is 4.79 Å². The fourth-order valence-electron chi connectivity index (χ4n) is 0.403. The minimum absolute atomic E-state index is 0. The molecule has 0 aliphatic heterocycles. The third-order valence-corrected chi connectivity index (χ3v) is 1.83. The third kappa shape index (κ3) is 22.2. The molecule has 0 fully saturated rings. The predicted octanol–water partition coefficient (Wildman–Crippen LogP) is -13.1. The van der Waals surface area contributed by atoms with E-state index in [1.54, 1.807) is 5.32 Å². The summed E-state index contributed by atoms with van der Waals surface area (Å²) in [7, 11) is 0. The summed E-state index contributed by atoms with van der Waals surface area (Å²) >= 11 is 3.92. The van der Waals surface area contributed by atoms with Crippen molar-refractivity contribution in [3.05, 3.63) is 0 Å². The summed E-state index contributed by atoms with van der Waals surface area (Å²) in [5.41, 5.74) is 0. The summed E-state index contributed by atoms with van der Waals surface area (Å²) in [6.45, 7) is -4.79. The molecule has 0 saturated carbocycles. The molecule has 0 rings (SSSR count). The topological polar surface area (TPSA) is 115 Å². The minimum atomic E-state index is -4.07. The molecule has 11 heteroatoms. The number of carboxylic acid groups (broad SMARTS) is 1. The van der Waals surface area contributed by atoms with Gasteiger partial charge in [-0.2, -0.15) is 0 Å². The van der Waals surface area contributed by atoms with Crippen molar-refractivity contribution >= 4 is 30.2 Å². The normalized spacial score (nSPS) is 8.67. The van der Waals surface area contributed by atoms with Crippen molar-refractivity contribution in [3.63, 3.8) is 0 Å². The average molecular weight is 279 g/mol. The Bertz CT molecular complexity index is 246. The summed E-state index contributed by atoms with van der Waals surface area (Å²) in [5.74, 6) is -2.43. The predicted molar refractivity (Wildman–Crippen MR) is 37.2 cm³/mol. The fraction of sp³-hybridized carbons (Fsp3) is 0.500. The van der Waals surface area contributed by atoms with Crippen LogP contribution in [0.1, 0.15) is 0 Å². The smallest absolute Gasteiger partial charge is 0.832 e. The van der Waals surface area contributed by atoms with E-state index in [1.165, 1.54) is 0 Å². The van der Waals surface area contributed by atoms with Crippen LogP contribution >= 0.6 is 6.49 Å². The molecule has 0 aromatic carbocycles. The molecule has 0 saturated heterocycles. The molecule has 0 aliphatic carbocycles. The molecular weight excluding hydrogens is 274 g/mol. The Morgan fingerprint density at radius 2 is 1.60 bits per heavy atom.